The zero-order valence-electron chi connectivity index (χ0n) is 17.3. The summed E-state index contributed by atoms with van der Waals surface area (Å²) < 4.78 is 0. The van der Waals surface area contributed by atoms with E-state index in [0.29, 0.717) is 17.0 Å². The smallest absolute Gasteiger partial charge is 0.256 e. The largest absolute Gasteiger partial charge is 0.382 e. The van der Waals surface area contributed by atoms with Crippen molar-refractivity contribution in [3.05, 3.63) is 32.8 Å². The number of Topliss-reactive ketones (excluding diaryl/α,β-unsaturated/α-hetero) is 1. The molecule has 1 aromatic carbocycles. The Hall–Kier alpha value is -1.43. The van der Waals surface area contributed by atoms with Gasteiger partial charge in [0.05, 0.1) is 16.0 Å². The molecule has 4 atom stereocenters. The van der Waals surface area contributed by atoms with Gasteiger partial charge in [0.25, 0.3) is 5.91 Å². The summed E-state index contributed by atoms with van der Waals surface area (Å²) >= 11 is 13.2. The molecular weight excluding hydrogens is 425 g/mol. The molecule has 162 valence electrons. The van der Waals surface area contributed by atoms with E-state index in [1.165, 1.54) is 0 Å². The predicted molar refractivity (Wildman–Crippen MR) is 115 cm³/mol. The normalized spacial score (nSPS) is 31.5. The zero-order valence-corrected chi connectivity index (χ0v) is 18.8. The molecule has 0 spiro atoms. The molecule has 30 heavy (non-hydrogen) atoms. The van der Waals surface area contributed by atoms with Crippen molar-refractivity contribution in [2.75, 3.05) is 0 Å². The van der Waals surface area contributed by atoms with Crippen LogP contribution in [-0.2, 0) is 9.59 Å². The maximum Gasteiger partial charge on any atom is 0.256 e. The molecule has 4 rings (SSSR count). The van der Waals surface area contributed by atoms with Crippen LogP contribution in [0.4, 0.5) is 0 Å². The maximum atomic E-state index is 13.7. The van der Waals surface area contributed by atoms with E-state index >= 15 is 0 Å². The first-order valence-corrected chi connectivity index (χ1v) is 11.6. The number of carbonyl (C=O) groups is 3. The highest BCUT2D eigenvalue weighted by Crippen LogP contribution is 2.59. The van der Waals surface area contributed by atoms with E-state index in [1.54, 1.807) is 6.07 Å². The van der Waals surface area contributed by atoms with Crippen molar-refractivity contribution in [1.29, 1.82) is 0 Å². The van der Waals surface area contributed by atoms with Crippen molar-refractivity contribution in [1.82, 2.24) is 5.32 Å². The second-order valence-corrected chi connectivity index (χ2v) is 9.96. The van der Waals surface area contributed by atoms with Crippen LogP contribution in [0.3, 0.4) is 0 Å². The first-order valence-electron chi connectivity index (χ1n) is 10.8. The Kier molecular flexibility index (Phi) is 5.75. The van der Waals surface area contributed by atoms with Crippen LogP contribution in [0, 0.1) is 11.3 Å². The molecule has 1 aromatic rings. The van der Waals surface area contributed by atoms with Gasteiger partial charge in [0.2, 0.25) is 5.91 Å². The van der Waals surface area contributed by atoms with E-state index in [-0.39, 0.29) is 21.7 Å². The maximum absolute atomic E-state index is 13.7. The Morgan fingerprint density at radius 1 is 1.10 bits per heavy atom. The van der Waals surface area contributed by atoms with E-state index in [9.17, 15) is 19.5 Å². The van der Waals surface area contributed by atoms with Crippen molar-refractivity contribution in [2.45, 2.75) is 76.7 Å². The third-order valence-corrected chi connectivity index (χ3v) is 8.28. The summed E-state index contributed by atoms with van der Waals surface area (Å²) in [7, 11) is 0. The van der Waals surface area contributed by atoms with Crippen LogP contribution < -0.4 is 5.32 Å². The van der Waals surface area contributed by atoms with Gasteiger partial charge in [0, 0.05) is 16.9 Å². The van der Waals surface area contributed by atoms with E-state index in [0.717, 1.165) is 50.5 Å². The van der Waals surface area contributed by atoms with Crippen LogP contribution in [0.15, 0.2) is 6.07 Å². The lowest BCUT2D eigenvalue weighted by Gasteiger charge is -2.35. The summed E-state index contributed by atoms with van der Waals surface area (Å²) in [5.74, 6) is -2.07. The molecule has 0 aromatic heterocycles. The Balaban J connectivity index is 1.89. The van der Waals surface area contributed by atoms with Crippen molar-refractivity contribution >= 4 is 40.8 Å². The fourth-order valence-electron chi connectivity index (χ4n) is 5.90. The third-order valence-electron chi connectivity index (χ3n) is 7.40. The van der Waals surface area contributed by atoms with Gasteiger partial charge in [0.1, 0.15) is 6.10 Å². The second-order valence-electron chi connectivity index (χ2n) is 9.21. The number of amides is 2. The number of halogens is 2. The highest BCUT2D eigenvalue weighted by molar-refractivity contribution is 6.45. The molecule has 0 bridgehead atoms. The standard InChI is InChI=1S/C23H27Cl2NO4/c1-3-4-9-23(2)16(11-7-5-6-8-11)12-10-13(15-19(27)22(30)26-21(15)29)17(24)18(25)14(12)20(23)28/h10-11,15-16,19,27H,3-9H2,1-2H3,(H,26,29,30). The van der Waals surface area contributed by atoms with Crippen LogP contribution in [0.2, 0.25) is 10.0 Å². The number of carbonyl (C=O) groups excluding carboxylic acids is 3. The van der Waals surface area contributed by atoms with E-state index < -0.39 is 29.3 Å². The average Bonchev–Trinajstić information content (AvgIpc) is 3.36. The first-order chi connectivity index (χ1) is 14.2. The molecule has 1 saturated heterocycles. The molecule has 4 unspecified atom stereocenters. The van der Waals surface area contributed by atoms with Gasteiger partial charge < -0.3 is 5.11 Å². The summed E-state index contributed by atoms with van der Waals surface area (Å²) in [6.45, 7) is 4.15. The van der Waals surface area contributed by atoms with Gasteiger partial charge in [-0.3, -0.25) is 19.7 Å². The van der Waals surface area contributed by atoms with E-state index in [4.69, 9.17) is 23.2 Å². The number of imide groups is 1. The number of aliphatic hydroxyl groups is 1. The summed E-state index contributed by atoms with van der Waals surface area (Å²) in [5, 5.41) is 12.7. The lowest BCUT2D eigenvalue weighted by molar-refractivity contribution is -0.127. The Labute approximate surface area is 186 Å². The van der Waals surface area contributed by atoms with Gasteiger partial charge >= 0.3 is 0 Å². The number of hydrogen-bond donors (Lipinski definition) is 2. The van der Waals surface area contributed by atoms with Gasteiger partial charge in [0.15, 0.2) is 5.78 Å². The number of nitrogens with one attached hydrogen (secondary N) is 1. The van der Waals surface area contributed by atoms with Gasteiger partial charge in [-0.1, -0.05) is 68.8 Å². The monoisotopic (exact) mass is 451 g/mol. The summed E-state index contributed by atoms with van der Waals surface area (Å²) in [6.07, 6.45) is 5.58. The van der Waals surface area contributed by atoms with Crippen LogP contribution in [-0.4, -0.2) is 28.8 Å². The minimum Gasteiger partial charge on any atom is -0.382 e. The molecule has 2 amide bonds. The predicted octanol–water partition coefficient (Wildman–Crippen LogP) is 4.76. The van der Waals surface area contributed by atoms with E-state index in [2.05, 4.69) is 12.2 Å². The van der Waals surface area contributed by atoms with Crippen molar-refractivity contribution in [2.24, 2.45) is 11.3 Å². The molecule has 2 aliphatic carbocycles. The van der Waals surface area contributed by atoms with Crippen LogP contribution in [0.1, 0.15) is 92.1 Å². The van der Waals surface area contributed by atoms with Crippen molar-refractivity contribution in [3.8, 4) is 0 Å². The Morgan fingerprint density at radius 2 is 1.77 bits per heavy atom. The van der Waals surface area contributed by atoms with Crippen LogP contribution in [0.25, 0.3) is 0 Å². The Morgan fingerprint density at radius 3 is 2.33 bits per heavy atom. The summed E-state index contributed by atoms with van der Waals surface area (Å²) in [5.41, 5.74) is 1.05. The molecule has 3 aliphatic rings. The highest BCUT2D eigenvalue weighted by atomic mass is 35.5. The van der Waals surface area contributed by atoms with Gasteiger partial charge in [-0.2, -0.15) is 0 Å². The number of rotatable bonds is 5. The molecule has 1 saturated carbocycles. The summed E-state index contributed by atoms with van der Waals surface area (Å²) in [4.78, 5) is 37.9. The SMILES string of the molecule is CCCCC1(C)C(=O)c2c(cc(C3C(=O)NC(=O)C3O)c(Cl)c2Cl)C1C1CCCC1. The number of hydrogen-bond acceptors (Lipinski definition) is 4. The second kappa shape index (κ2) is 7.92. The minimum absolute atomic E-state index is 0.000115. The fraction of sp³-hybridized carbons (Fsp3) is 0.609. The molecule has 5 nitrogen and oxygen atoms in total. The van der Waals surface area contributed by atoms with E-state index in [1.807, 2.05) is 6.92 Å². The third kappa shape index (κ3) is 3.12. The number of fused-ring (bicyclic) bond motifs is 1. The molecule has 2 fully saturated rings. The quantitative estimate of drug-likeness (QED) is 0.631. The summed E-state index contributed by atoms with van der Waals surface area (Å²) in [6, 6.07) is 1.77. The number of aliphatic hydroxyl groups excluding tert-OH is 1. The van der Waals surface area contributed by atoms with Gasteiger partial charge in [-0.25, -0.2) is 0 Å². The molecular formula is C23H27Cl2NO4. The minimum atomic E-state index is -1.52. The number of unbranched alkanes of at least 4 members (excludes halogenated alkanes) is 1. The Bertz CT molecular complexity index is 924. The van der Waals surface area contributed by atoms with Crippen molar-refractivity contribution in [3.63, 3.8) is 0 Å². The molecule has 1 heterocycles. The molecule has 0 radical (unpaired) electrons. The highest BCUT2D eigenvalue weighted by Gasteiger charge is 2.54. The topological polar surface area (TPSA) is 83.5 Å². The lowest BCUT2D eigenvalue weighted by atomic mass is 9.67. The van der Waals surface area contributed by atoms with Gasteiger partial charge in [-0.05, 0) is 36.3 Å². The van der Waals surface area contributed by atoms with Crippen LogP contribution in [0.5, 0.6) is 0 Å². The average molecular weight is 452 g/mol. The first kappa shape index (κ1) is 21.8. The number of benzene rings is 1. The molecule has 1 aliphatic heterocycles. The zero-order chi connectivity index (χ0) is 21.8. The lowest BCUT2D eigenvalue weighted by Crippen LogP contribution is -2.31. The van der Waals surface area contributed by atoms with Gasteiger partial charge in [-0.15, -0.1) is 0 Å². The number of ketones is 1. The molecule has 2 N–H and O–H groups in total. The molecule has 7 heteroatoms. The van der Waals surface area contributed by atoms with Crippen LogP contribution >= 0.6 is 23.2 Å². The van der Waals surface area contributed by atoms with Crippen molar-refractivity contribution < 1.29 is 19.5 Å². The fourth-order valence-corrected chi connectivity index (χ4v) is 6.47.